The molecule has 0 radical (unpaired) electrons. The van der Waals surface area contributed by atoms with E-state index in [-0.39, 0.29) is 5.91 Å². The van der Waals surface area contributed by atoms with Gasteiger partial charge in [0.15, 0.2) is 0 Å². The van der Waals surface area contributed by atoms with E-state index < -0.39 is 0 Å². The molecular formula is C15H16N4OS2. The molecule has 114 valence electrons. The van der Waals surface area contributed by atoms with Crippen LogP contribution < -0.4 is 5.32 Å². The summed E-state index contributed by atoms with van der Waals surface area (Å²) in [5.41, 5.74) is 2.49. The van der Waals surface area contributed by atoms with E-state index in [2.05, 4.69) is 21.0 Å². The van der Waals surface area contributed by atoms with Crippen molar-refractivity contribution in [3.05, 3.63) is 46.0 Å². The lowest BCUT2D eigenvalue weighted by molar-refractivity contribution is 0.0959. The van der Waals surface area contributed by atoms with Crippen molar-refractivity contribution in [1.82, 2.24) is 14.9 Å². The highest BCUT2D eigenvalue weighted by Gasteiger charge is 2.14. The van der Waals surface area contributed by atoms with Crippen LogP contribution in [0, 0.1) is 11.3 Å². The molecule has 7 heteroatoms. The number of amides is 1. The summed E-state index contributed by atoms with van der Waals surface area (Å²) in [6.07, 6.45) is 0.707. The van der Waals surface area contributed by atoms with Crippen LogP contribution in [-0.4, -0.2) is 27.8 Å². The van der Waals surface area contributed by atoms with Gasteiger partial charge in [0.25, 0.3) is 5.91 Å². The molecule has 0 fully saturated rings. The van der Waals surface area contributed by atoms with Gasteiger partial charge in [-0.15, -0.1) is 5.10 Å². The Kier molecular flexibility index (Phi) is 6.37. The number of carbonyl (C=O) groups excluding carboxylic acids is 1. The maximum atomic E-state index is 12.0. The van der Waals surface area contributed by atoms with Crippen molar-refractivity contribution in [3.63, 3.8) is 0 Å². The Morgan fingerprint density at radius 2 is 2.27 bits per heavy atom. The number of hydrogen-bond acceptors (Lipinski definition) is 6. The van der Waals surface area contributed by atoms with Crippen LogP contribution in [0.15, 0.2) is 24.3 Å². The Labute approximate surface area is 137 Å². The molecular weight excluding hydrogens is 316 g/mol. The maximum Gasteiger partial charge on any atom is 0.264 e. The predicted octanol–water partition coefficient (Wildman–Crippen LogP) is 2.64. The minimum atomic E-state index is -0.107. The van der Waals surface area contributed by atoms with Gasteiger partial charge in [0.1, 0.15) is 4.88 Å². The first-order valence-electron chi connectivity index (χ1n) is 6.91. The molecule has 1 amide bonds. The van der Waals surface area contributed by atoms with Crippen molar-refractivity contribution in [3.8, 4) is 6.07 Å². The first kappa shape index (κ1) is 16.5. The fourth-order valence-corrected chi connectivity index (χ4v) is 3.40. The van der Waals surface area contributed by atoms with Crippen molar-refractivity contribution in [2.75, 3.05) is 12.3 Å². The molecule has 1 aromatic heterocycles. The van der Waals surface area contributed by atoms with E-state index in [1.807, 2.05) is 31.2 Å². The van der Waals surface area contributed by atoms with E-state index in [4.69, 9.17) is 5.26 Å². The summed E-state index contributed by atoms with van der Waals surface area (Å²) >= 11 is 2.82. The Morgan fingerprint density at radius 1 is 1.45 bits per heavy atom. The quantitative estimate of drug-likeness (QED) is 0.789. The summed E-state index contributed by atoms with van der Waals surface area (Å²) in [5.74, 6) is 1.45. The van der Waals surface area contributed by atoms with Crippen LogP contribution in [-0.2, 0) is 12.2 Å². The molecule has 0 aliphatic rings. The summed E-state index contributed by atoms with van der Waals surface area (Å²) in [6, 6.07) is 9.76. The van der Waals surface area contributed by atoms with E-state index in [1.54, 1.807) is 11.8 Å². The highest BCUT2D eigenvalue weighted by Crippen LogP contribution is 2.15. The number of carbonyl (C=O) groups is 1. The zero-order valence-electron chi connectivity index (χ0n) is 12.2. The van der Waals surface area contributed by atoms with Gasteiger partial charge < -0.3 is 5.32 Å². The van der Waals surface area contributed by atoms with Gasteiger partial charge in [0.2, 0.25) is 0 Å². The van der Waals surface area contributed by atoms with Crippen LogP contribution in [0.1, 0.15) is 33.4 Å². The fourth-order valence-electron chi connectivity index (χ4n) is 1.87. The van der Waals surface area contributed by atoms with Gasteiger partial charge in [-0.25, -0.2) is 0 Å². The molecule has 0 saturated heterocycles. The third-order valence-electron chi connectivity index (χ3n) is 3.02. The lowest BCUT2D eigenvalue weighted by atomic mass is 10.1. The molecule has 0 saturated carbocycles. The van der Waals surface area contributed by atoms with Gasteiger partial charge in [-0.3, -0.25) is 4.79 Å². The SMILES string of the molecule is CCc1nnsc1C(=O)NCCSCc1ccccc1C#N. The van der Waals surface area contributed by atoms with Crippen LogP contribution in [0.5, 0.6) is 0 Å². The number of rotatable bonds is 7. The number of thioether (sulfide) groups is 1. The van der Waals surface area contributed by atoms with Crippen LogP contribution >= 0.6 is 23.3 Å². The summed E-state index contributed by atoms with van der Waals surface area (Å²) in [4.78, 5) is 12.6. The van der Waals surface area contributed by atoms with E-state index in [9.17, 15) is 4.79 Å². The Morgan fingerprint density at radius 3 is 3.05 bits per heavy atom. The predicted molar refractivity (Wildman–Crippen MR) is 88.9 cm³/mol. The first-order valence-corrected chi connectivity index (χ1v) is 8.84. The highest BCUT2D eigenvalue weighted by atomic mass is 32.2. The third kappa shape index (κ3) is 4.29. The van der Waals surface area contributed by atoms with E-state index in [1.165, 1.54) is 0 Å². The maximum absolute atomic E-state index is 12.0. The van der Waals surface area contributed by atoms with Crippen molar-refractivity contribution in [2.45, 2.75) is 19.1 Å². The third-order valence-corrected chi connectivity index (χ3v) is 4.80. The molecule has 0 unspecified atom stereocenters. The lowest BCUT2D eigenvalue weighted by Crippen LogP contribution is -2.25. The van der Waals surface area contributed by atoms with E-state index in [0.717, 1.165) is 34.3 Å². The van der Waals surface area contributed by atoms with E-state index >= 15 is 0 Å². The molecule has 0 aliphatic heterocycles. The molecule has 1 N–H and O–H groups in total. The lowest BCUT2D eigenvalue weighted by Gasteiger charge is -2.05. The Bertz CT molecular complexity index is 678. The average molecular weight is 332 g/mol. The largest absolute Gasteiger partial charge is 0.350 e. The van der Waals surface area contributed by atoms with Gasteiger partial charge >= 0.3 is 0 Å². The molecule has 0 bridgehead atoms. The fraction of sp³-hybridized carbons (Fsp3) is 0.333. The van der Waals surface area contributed by atoms with Gasteiger partial charge in [-0.05, 0) is 29.6 Å². The number of nitriles is 1. The molecule has 5 nitrogen and oxygen atoms in total. The second-order valence-corrected chi connectivity index (χ2v) is 6.34. The summed E-state index contributed by atoms with van der Waals surface area (Å²) < 4.78 is 3.81. The number of hydrogen-bond donors (Lipinski definition) is 1. The van der Waals surface area contributed by atoms with Crippen LogP contribution in [0.3, 0.4) is 0 Å². The molecule has 1 heterocycles. The highest BCUT2D eigenvalue weighted by molar-refractivity contribution is 7.98. The molecule has 2 rings (SSSR count). The molecule has 0 aliphatic carbocycles. The molecule has 2 aromatic rings. The number of aryl methyl sites for hydroxylation is 1. The molecule has 1 aromatic carbocycles. The number of aromatic nitrogens is 2. The number of benzene rings is 1. The summed E-state index contributed by atoms with van der Waals surface area (Å²) in [7, 11) is 0. The number of nitrogens with zero attached hydrogens (tertiary/aromatic N) is 3. The Balaban J connectivity index is 1.74. The summed E-state index contributed by atoms with van der Waals surface area (Å²) in [6.45, 7) is 2.54. The first-order chi connectivity index (χ1) is 10.8. The van der Waals surface area contributed by atoms with Gasteiger partial charge in [0, 0.05) is 18.1 Å². The number of nitrogens with one attached hydrogen (secondary N) is 1. The molecule has 22 heavy (non-hydrogen) atoms. The normalized spacial score (nSPS) is 10.2. The van der Waals surface area contributed by atoms with Crippen LogP contribution in [0.2, 0.25) is 0 Å². The topological polar surface area (TPSA) is 78.7 Å². The molecule has 0 spiro atoms. The zero-order valence-corrected chi connectivity index (χ0v) is 13.8. The monoisotopic (exact) mass is 332 g/mol. The second kappa shape index (κ2) is 8.51. The second-order valence-electron chi connectivity index (χ2n) is 4.48. The van der Waals surface area contributed by atoms with Crippen molar-refractivity contribution in [2.24, 2.45) is 0 Å². The van der Waals surface area contributed by atoms with Crippen molar-refractivity contribution in [1.29, 1.82) is 5.26 Å². The van der Waals surface area contributed by atoms with E-state index in [0.29, 0.717) is 23.4 Å². The van der Waals surface area contributed by atoms with Crippen molar-refractivity contribution >= 4 is 29.2 Å². The van der Waals surface area contributed by atoms with Gasteiger partial charge in [0.05, 0.1) is 17.3 Å². The average Bonchev–Trinajstić information content (AvgIpc) is 3.03. The van der Waals surface area contributed by atoms with Gasteiger partial charge in [-0.2, -0.15) is 17.0 Å². The Hall–Kier alpha value is -1.91. The van der Waals surface area contributed by atoms with Crippen LogP contribution in [0.4, 0.5) is 0 Å². The molecule has 0 atom stereocenters. The van der Waals surface area contributed by atoms with Crippen LogP contribution in [0.25, 0.3) is 0 Å². The zero-order chi connectivity index (χ0) is 15.8. The standard InChI is InChI=1S/C15H16N4OS2/c1-2-13-14(22-19-18-13)15(20)17-7-8-21-10-12-6-4-3-5-11(12)9-16/h3-6H,2,7-8,10H2,1H3,(H,17,20). The minimum Gasteiger partial charge on any atom is -0.350 e. The smallest absolute Gasteiger partial charge is 0.264 e. The van der Waals surface area contributed by atoms with Gasteiger partial charge in [-0.1, -0.05) is 29.6 Å². The summed E-state index contributed by atoms with van der Waals surface area (Å²) in [5, 5.41) is 15.8. The van der Waals surface area contributed by atoms with Crippen molar-refractivity contribution < 1.29 is 4.79 Å². The minimum absolute atomic E-state index is 0.107.